The molecule has 2 rings (SSSR count). The minimum absolute atomic E-state index is 0.150. The summed E-state index contributed by atoms with van der Waals surface area (Å²) in [5.74, 6) is 1.71. The van der Waals surface area contributed by atoms with E-state index in [1.165, 1.54) is 5.56 Å². The fourth-order valence-corrected chi connectivity index (χ4v) is 2.15. The predicted molar refractivity (Wildman–Crippen MR) is 84.3 cm³/mol. The van der Waals surface area contributed by atoms with Gasteiger partial charge < -0.3 is 19.5 Å². The van der Waals surface area contributed by atoms with E-state index in [9.17, 15) is 0 Å². The first kappa shape index (κ1) is 16.1. The molecule has 118 valence electrons. The van der Waals surface area contributed by atoms with Gasteiger partial charge in [0, 0.05) is 18.5 Å². The minimum Gasteiger partial charge on any atom is -0.490 e. The molecule has 0 spiro atoms. The molecule has 0 bridgehead atoms. The van der Waals surface area contributed by atoms with Gasteiger partial charge >= 0.3 is 0 Å². The third-order valence-electron chi connectivity index (χ3n) is 3.25. The summed E-state index contributed by atoms with van der Waals surface area (Å²) in [4.78, 5) is 0. The summed E-state index contributed by atoms with van der Waals surface area (Å²) < 4.78 is 17.0. The maximum Gasteiger partial charge on any atom is 0.161 e. The van der Waals surface area contributed by atoms with E-state index >= 15 is 0 Å². The molecule has 0 unspecified atom stereocenters. The van der Waals surface area contributed by atoms with Gasteiger partial charge in [0.15, 0.2) is 11.5 Å². The molecule has 1 aliphatic rings. The zero-order chi connectivity index (χ0) is 15.1. The zero-order valence-corrected chi connectivity index (χ0v) is 13.4. The van der Waals surface area contributed by atoms with E-state index < -0.39 is 0 Å². The first-order valence-corrected chi connectivity index (χ1v) is 7.76. The quantitative estimate of drug-likeness (QED) is 0.819. The van der Waals surface area contributed by atoms with Crippen LogP contribution in [0.5, 0.6) is 11.5 Å². The van der Waals surface area contributed by atoms with Crippen LogP contribution >= 0.6 is 0 Å². The van der Waals surface area contributed by atoms with Gasteiger partial charge in [-0.1, -0.05) is 6.07 Å². The normalized spacial score (nSPS) is 14.8. The minimum atomic E-state index is 0.150. The van der Waals surface area contributed by atoms with E-state index in [4.69, 9.17) is 14.2 Å². The van der Waals surface area contributed by atoms with Crippen LogP contribution in [0.25, 0.3) is 0 Å². The Hall–Kier alpha value is -1.26. The van der Waals surface area contributed by atoms with Crippen molar-refractivity contribution in [3.8, 4) is 11.5 Å². The lowest BCUT2D eigenvalue weighted by atomic mass is 10.1. The molecule has 0 fully saturated rings. The van der Waals surface area contributed by atoms with Crippen LogP contribution in [0.2, 0.25) is 0 Å². The second-order valence-electron chi connectivity index (χ2n) is 6.37. The summed E-state index contributed by atoms with van der Waals surface area (Å²) in [5, 5.41) is 3.41. The molecule has 0 saturated carbocycles. The molecule has 21 heavy (non-hydrogen) atoms. The number of ether oxygens (including phenoxy) is 3. The van der Waals surface area contributed by atoms with Crippen LogP contribution in [0, 0.1) is 0 Å². The highest BCUT2D eigenvalue weighted by Gasteiger charge is 2.10. The first-order chi connectivity index (χ1) is 10.0. The second kappa shape index (κ2) is 7.66. The van der Waals surface area contributed by atoms with Gasteiger partial charge in [-0.15, -0.1) is 0 Å². The third kappa shape index (κ3) is 5.94. The molecule has 4 heteroatoms. The summed E-state index contributed by atoms with van der Waals surface area (Å²) in [5.41, 5.74) is 1.38. The topological polar surface area (TPSA) is 39.7 Å². The lowest BCUT2D eigenvalue weighted by Crippen LogP contribution is -2.38. The Morgan fingerprint density at radius 3 is 2.62 bits per heavy atom. The fraction of sp³-hybridized carbons (Fsp3) is 0.647. The molecular weight excluding hydrogens is 266 g/mol. The van der Waals surface area contributed by atoms with Gasteiger partial charge in [0.2, 0.25) is 0 Å². The number of hydrogen-bond donors (Lipinski definition) is 1. The van der Waals surface area contributed by atoms with Crippen LogP contribution < -0.4 is 14.8 Å². The average molecular weight is 293 g/mol. The molecule has 0 saturated heterocycles. The molecule has 4 nitrogen and oxygen atoms in total. The van der Waals surface area contributed by atoms with Crippen molar-refractivity contribution in [2.75, 3.05) is 33.0 Å². The Bertz CT molecular complexity index is 440. The molecule has 1 heterocycles. The molecule has 0 aliphatic carbocycles. The molecular formula is C17H27NO3. The van der Waals surface area contributed by atoms with Crippen LogP contribution in [-0.2, 0) is 11.2 Å². The third-order valence-corrected chi connectivity index (χ3v) is 3.25. The van der Waals surface area contributed by atoms with Crippen molar-refractivity contribution in [1.82, 2.24) is 5.32 Å². The standard InChI is InChI=1S/C17H27NO3/c1-17(2,3)18-8-12-19-11-7-14-5-6-15-16(13-14)21-10-4-9-20-15/h5-6,13,18H,4,7-12H2,1-3H3. The number of benzene rings is 1. The Labute approximate surface area is 127 Å². The van der Waals surface area contributed by atoms with Gasteiger partial charge in [-0.25, -0.2) is 0 Å². The summed E-state index contributed by atoms with van der Waals surface area (Å²) >= 11 is 0. The van der Waals surface area contributed by atoms with Gasteiger partial charge in [-0.05, 0) is 44.9 Å². The number of fused-ring (bicyclic) bond motifs is 1. The Kier molecular flexibility index (Phi) is 5.88. The molecule has 1 aromatic carbocycles. The molecule has 0 atom stereocenters. The van der Waals surface area contributed by atoms with E-state index in [0.29, 0.717) is 0 Å². The van der Waals surface area contributed by atoms with Crippen molar-refractivity contribution in [3.63, 3.8) is 0 Å². The van der Waals surface area contributed by atoms with Crippen molar-refractivity contribution in [2.24, 2.45) is 0 Å². The van der Waals surface area contributed by atoms with Gasteiger partial charge in [0.05, 0.1) is 26.4 Å². The van der Waals surface area contributed by atoms with E-state index in [1.807, 2.05) is 6.07 Å². The van der Waals surface area contributed by atoms with Crippen molar-refractivity contribution in [3.05, 3.63) is 23.8 Å². The smallest absolute Gasteiger partial charge is 0.161 e. The van der Waals surface area contributed by atoms with Gasteiger partial charge in [0.1, 0.15) is 0 Å². The van der Waals surface area contributed by atoms with Crippen molar-refractivity contribution in [1.29, 1.82) is 0 Å². The summed E-state index contributed by atoms with van der Waals surface area (Å²) in [6.07, 6.45) is 1.83. The summed E-state index contributed by atoms with van der Waals surface area (Å²) in [7, 11) is 0. The summed E-state index contributed by atoms with van der Waals surface area (Å²) in [6.45, 7) is 10.3. The molecule has 1 aromatic rings. The van der Waals surface area contributed by atoms with Crippen molar-refractivity contribution >= 4 is 0 Å². The zero-order valence-electron chi connectivity index (χ0n) is 13.4. The number of rotatable bonds is 6. The molecule has 0 amide bonds. The van der Waals surface area contributed by atoms with Gasteiger partial charge in [0.25, 0.3) is 0 Å². The van der Waals surface area contributed by atoms with E-state index in [0.717, 1.165) is 57.3 Å². The molecule has 1 N–H and O–H groups in total. The van der Waals surface area contributed by atoms with E-state index in [-0.39, 0.29) is 5.54 Å². The van der Waals surface area contributed by atoms with Crippen LogP contribution in [-0.4, -0.2) is 38.5 Å². The fourth-order valence-electron chi connectivity index (χ4n) is 2.15. The highest BCUT2D eigenvalue weighted by Crippen LogP contribution is 2.30. The van der Waals surface area contributed by atoms with Gasteiger partial charge in [-0.2, -0.15) is 0 Å². The Morgan fingerprint density at radius 1 is 1.10 bits per heavy atom. The van der Waals surface area contributed by atoms with Crippen LogP contribution in [0.1, 0.15) is 32.8 Å². The SMILES string of the molecule is CC(C)(C)NCCOCCc1ccc2c(c1)OCCCO2. The highest BCUT2D eigenvalue weighted by atomic mass is 16.5. The Balaban J connectivity index is 1.70. The molecule has 1 aliphatic heterocycles. The maximum absolute atomic E-state index is 5.70. The van der Waals surface area contributed by atoms with E-state index in [2.05, 4.69) is 38.2 Å². The number of nitrogens with one attached hydrogen (secondary N) is 1. The van der Waals surface area contributed by atoms with Crippen molar-refractivity contribution in [2.45, 2.75) is 39.2 Å². The van der Waals surface area contributed by atoms with Crippen LogP contribution in [0.3, 0.4) is 0 Å². The van der Waals surface area contributed by atoms with Crippen LogP contribution in [0.4, 0.5) is 0 Å². The Morgan fingerprint density at radius 2 is 1.86 bits per heavy atom. The molecule has 0 radical (unpaired) electrons. The summed E-state index contributed by atoms with van der Waals surface area (Å²) in [6, 6.07) is 6.15. The van der Waals surface area contributed by atoms with E-state index in [1.54, 1.807) is 0 Å². The predicted octanol–water partition coefficient (Wildman–Crippen LogP) is 2.80. The van der Waals surface area contributed by atoms with Crippen molar-refractivity contribution < 1.29 is 14.2 Å². The first-order valence-electron chi connectivity index (χ1n) is 7.76. The van der Waals surface area contributed by atoms with Crippen LogP contribution in [0.15, 0.2) is 18.2 Å². The highest BCUT2D eigenvalue weighted by molar-refractivity contribution is 5.43. The second-order valence-corrected chi connectivity index (χ2v) is 6.37. The van der Waals surface area contributed by atoms with Gasteiger partial charge in [-0.3, -0.25) is 0 Å². The average Bonchev–Trinajstić information content (AvgIpc) is 2.66. The number of hydrogen-bond acceptors (Lipinski definition) is 4. The maximum atomic E-state index is 5.70. The lowest BCUT2D eigenvalue weighted by Gasteiger charge is -2.20. The lowest BCUT2D eigenvalue weighted by molar-refractivity contribution is 0.133. The monoisotopic (exact) mass is 293 g/mol. The largest absolute Gasteiger partial charge is 0.490 e. The molecule has 0 aromatic heterocycles.